The molecule has 1 aliphatic carbocycles. The minimum absolute atomic E-state index is 0.231. The van der Waals surface area contributed by atoms with Gasteiger partial charge in [0.1, 0.15) is 4.75 Å². The van der Waals surface area contributed by atoms with Crippen LogP contribution >= 0.6 is 8.58 Å². The highest BCUT2D eigenvalue weighted by molar-refractivity contribution is 7.88. The van der Waals surface area contributed by atoms with Crippen LogP contribution in [0.1, 0.15) is 33.1 Å². The second-order valence-corrected chi connectivity index (χ2v) is 8.76. The first-order valence-corrected chi connectivity index (χ1v) is 10.0. The van der Waals surface area contributed by atoms with Gasteiger partial charge in [0.15, 0.2) is 0 Å². The summed E-state index contributed by atoms with van der Waals surface area (Å²) < 4.78 is 33.5. The summed E-state index contributed by atoms with van der Waals surface area (Å²) in [6.07, 6.45) is 7.78. The van der Waals surface area contributed by atoms with E-state index < -0.39 is 14.9 Å². The highest BCUT2D eigenvalue weighted by atomic mass is 32.2. The van der Waals surface area contributed by atoms with Crippen LogP contribution in [0.4, 0.5) is 0 Å². The molecule has 0 aliphatic heterocycles. The molecule has 2 rings (SSSR count). The Morgan fingerprint density at radius 3 is 2.55 bits per heavy atom. The van der Waals surface area contributed by atoms with Gasteiger partial charge in [0.05, 0.1) is 0 Å². The summed E-state index contributed by atoms with van der Waals surface area (Å²) in [5.74, 6) is -0.231. The minimum Gasteiger partial charge on any atom is -0.285 e. The molecule has 3 unspecified atom stereocenters. The molecule has 0 spiro atoms. The third-order valence-electron chi connectivity index (χ3n) is 4.27. The van der Waals surface area contributed by atoms with E-state index in [0.717, 1.165) is 23.5 Å². The Labute approximate surface area is 135 Å². The molecule has 0 heterocycles. The summed E-state index contributed by atoms with van der Waals surface area (Å²) in [6, 6.07) is 9.84. The lowest BCUT2D eigenvalue weighted by atomic mass is 9.84. The minimum atomic E-state index is -4.19. The third-order valence-corrected chi connectivity index (χ3v) is 7.67. The van der Waals surface area contributed by atoms with E-state index in [2.05, 4.69) is 0 Å². The summed E-state index contributed by atoms with van der Waals surface area (Å²) in [5, 5.41) is 1.89. The molecule has 0 aromatic heterocycles. The third kappa shape index (κ3) is 3.34. The Bertz CT molecular complexity index is 664. The fourth-order valence-corrected chi connectivity index (χ4v) is 6.24. The van der Waals surface area contributed by atoms with Gasteiger partial charge in [0.25, 0.3) is 10.1 Å². The molecule has 0 fully saturated rings. The standard InChI is InChI=1S/C17H23O3PS/c1-3-4-13-17(22(18,19)20)14(2)9-8-12-16(17)21-15-10-6-5-7-11-15/h5-12,14,21H,3-4,13H2,1-2H3,(H,18,19,20). The number of benzene rings is 1. The molecule has 0 saturated carbocycles. The van der Waals surface area contributed by atoms with Crippen molar-refractivity contribution in [3.8, 4) is 0 Å². The SMILES string of the molecule is CCCCC1(S(=O)(=O)O)C(Pc2ccccc2)=CC=CC1C. The van der Waals surface area contributed by atoms with Crippen LogP contribution in [0.25, 0.3) is 0 Å². The first-order valence-electron chi connectivity index (χ1n) is 7.60. The van der Waals surface area contributed by atoms with Crippen molar-refractivity contribution in [1.82, 2.24) is 0 Å². The largest absolute Gasteiger partial charge is 0.285 e. The van der Waals surface area contributed by atoms with Crippen LogP contribution < -0.4 is 5.30 Å². The maximum atomic E-state index is 12.3. The summed E-state index contributed by atoms with van der Waals surface area (Å²) in [4.78, 5) is 0. The molecule has 3 nitrogen and oxygen atoms in total. The fourth-order valence-electron chi connectivity index (χ4n) is 2.99. The van der Waals surface area contributed by atoms with E-state index in [1.54, 1.807) is 0 Å². The zero-order valence-corrected chi connectivity index (χ0v) is 14.8. The van der Waals surface area contributed by atoms with Crippen molar-refractivity contribution < 1.29 is 13.0 Å². The van der Waals surface area contributed by atoms with Gasteiger partial charge in [0, 0.05) is 5.92 Å². The molecule has 1 aromatic rings. The molecule has 0 bridgehead atoms. The molecular weight excluding hydrogens is 315 g/mol. The number of unbranched alkanes of at least 4 members (excludes halogenated alkanes) is 1. The molecule has 22 heavy (non-hydrogen) atoms. The molecule has 1 aromatic carbocycles. The zero-order chi connectivity index (χ0) is 16.2. The Morgan fingerprint density at radius 1 is 1.27 bits per heavy atom. The van der Waals surface area contributed by atoms with E-state index >= 15 is 0 Å². The number of hydrogen-bond acceptors (Lipinski definition) is 2. The van der Waals surface area contributed by atoms with Crippen LogP contribution in [0.15, 0.2) is 53.9 Å². The van der Waals surface area contributed by atoms with Crippen LogP contribution in [-0.4, -0.2) is 17.7 Å². The lowest BCUT2D eigenvalue weighted by Crippen LogP contribution is -2.46. The molecule has 3 atom stereocenters. The Hall–Kier alpha value is -0.960. The van der Waals surface area contributed by atoms with Crippen LogP contribution in [0.2, 0.25) is 0 Å². The molecule has 0 radical (unpaired) electrons. The summed E-state index contributed by atoms with van der Waals surface area (Å²) >= 11 is 0. The van der Waals surface area contributed by atoms with Crippen LogP contribution in [-0.2, 0) is 10.1 Å². The molecule has 0 saturated heterocycles. The van der Waals surface area contributed by atoms with Gasteiger partial charge >= 0.3 is 0 Å². The summed E-state index contributed by atoms with van der Waals surface area (Å²) in [6.45, 7) is 3.91. The van der Waals surface area contributed by atoms with Crippen molar-refractivity contribution in [2.75, 3.05) is 0 Å². The van der Waals surface area contributed by atoms with Crippen molar-refractivity contribution in [2.45, 2.75) is 37.9 Å². The number of hydrogen-bond donors (Lipinski definition) is 1. The van der Waals surface area contributed by atoms with Gasteiger partial charge in [-0.3, -0.25) is 4.55 Å². The second kappa shape index (κ2) is 7.08. The number of rotatable bonds is 6. The Morgan fingerprint density at radius 2 is 1.95 bits per heavy atom. The van der Waals surface area contributed by atoms with Crippen molar-refractivity contribution in [2.24, 2.45) is 5.92 Å². The quantitative estimate of drug-likeness (QED) is 0.632. The highest BCUT2D eigenvalue weighted by Crippen LogP contribution is 2.48. The molecule has 1 N–H and O–H groups in total. The molecular formula is C17H23O3PS. The molecule has 1 aliphatic rings. The first-order chi connectivity index (χ1) is 10.4. The highest BCUT2D eigenvalue weighted by Gasteiger charge is 2.50. The zero-order valence-electron chi connectivity index (χ0n) is 13.0. The van der Waals surface area contributed by atoms with E-state index in [9.17, 15) is 13.0 Å². The average Bonchev–Trinajstić information content (AvgIpc) is 2.47. The lowest BCUT2D eigenvalue weighted by molar-refractivity contribution is 0.390. The van der Waals surface area contributed by atoms with E-state index in [4.69, 9.17) is 0 Å². The predicted molar refractivity (Wildman–Crippen MR) is 94.6 cm³/mol. The van der Waals surface area contributed by atoms with Crippen LogP contribution in [0, 0.1) is 5.92 Å². The van der Waals surface area contributed by atoms with Gasteiger partial charge in [-0.15, -0.1) is 0 Å². The fraction of sp³-hybridized carbons (Fsp3) is 0.412. The second-order valence-electron chi connectivity index (χ2n) is 5.71. The Kier molecular flexibility index (Phi) is 5.60. The van der Waals surface area contributed by atoms with Gasteiger partial charge in [-0.05, 0) is 17.0 Å². The molecule has 0 amide bonds. The summed E-state index contributed by atoms with van der Waals surface area (Å²) in [7, 11) is -3.94. The van der Waals surface area contributed by atoms with E-state index in [0.29, 0.717) is 6.42 Å². The van der Waals surface area contributed by atoms with Gasteiger partial charge in [-0.1, -0.05) is 83.8 Å². The molecule has 5 heteroatoms. The maximum absolute atomic E-state index is 12.3. The van der Waals surface area contributed by atoms with Crippen LogP contribution in [0.3, 0.4) is 0 Å². The lowest BCUT2D eigenvalue weighted by Gasteiger charge is -2.39. The summed E-state index contributed by atoms with van der Waals surface area (Å²) in [5.41, 5.74) is 0. The van der Waals surface area contributed by atoms with Gasteiger partial charge in [-0.25, -0.2) is 0 Å². The maximum Gasteiger partial charge on any atom is 0.275 e. The van der Waals surface area contributed by atoms with Crippen molar-refractivity contribution >= 4 is 24.0 Å². The number of allylic oxidation sites excluding steroid dienone is 3. The van der Waals surface area contributed by atoms with Gasteiger partial charge < -0.3 is 0 Å². The molecule has 120 valence electrons. The smallest absolute Gasteiger partial charge is 0.275 e. The monoisotopic (exact) mass is 338 g/mol. The van der Waals surface area contributed by atoms with Gasteiger partial charge in [-0.2, -0.15) is 8.42 Å². The van der Waals surface area contributed by atoms with E-state index in [-0.39, 0.29) is 14.5 Å². The van der Waals surface area contributed by atoms with Crippen LogP contribution in [0.5, 0.6) is 0 Å². The van der Waals surface area contributed by atoms with Crippen molar-refractivity contribution in [3.05, 3.63) is 53.9 Å². The predicted octanol–water partition coefficient (Wildman–Crippen LogP) is 3.90. The van der Waals surface area contributed by atoms with Crippen molar-refractivity contribution in [1.29, 1.82) is 0 Å². The van der Waals surface area contributed by atoms with E-state index in [1.165, 1.54) is 0 Å². The van der Waals surface area contributed by atoms with E-state index in [1.807, 2.05) is 62.4 Å². The first kappa shape index (κ1) is 17.4. The average molecular weight is 338 g/mol. The normalized spacial score (nSPS) is 25.6. The topological polar surface area (TPSA) is 54.4 Å². The Balaban J connectivity index is 2.46. The van der Waals surface area contributed by atoms with Crippen molar-refractivity contribution in [3.63, 3.8) is 0 Å². The van der Waals surface area contributed by atoms with Gasteiger partial charge in [0.2, 0.25) is 0 Å².